The van der Waals surface area contributed by atoms with Gasteiger partial charge in [0.2, 0.25) is 0 Å². The van der Waals surface area contributed by atoms with Gasteiger partial charge in [0, 0.05) is 0 Å². The molecule has 1 nitrogen and oxygen atoms in total. The fourth-order valence-electron chi connectivity index (χ4n) is 8.00. The Morgan fingerprint density at radius 2 is 0.319 bits per heavy atom. The van der Waals surface area contributed by atoms with Crippen molar-refractivity contribution in [3.63, 3.8) is 0 Å². The van der Waals surface area contributed by atoms with Crippen LogP contribution in [0.4, 0.5) is 0 Å². The van der Waals surface area contributed by atoms with Crippen molar-refractivity contribution >= 4 is 0 Å². The van der Waals surface area contributed by atoms with Crippen LogP contribution in [0, 0.1) is 0 Å². The summed E-state index contributed by atoms with van der Waals surface area (Å²) in [5.41, 5.74) is 0. The van der Waals surface area contributed by atoms with E-state index in [1.807, 2.05) is 0 Å². The second-order valence-corrected chi connectivity index (χ2v) is 16.3. The first kappa shape index (κ1) is 47.0. The van der Waals surface area contributed by atoms with Crippen molar-refractivity contribution in [3.8, 4) is 0 Å². The minimum absolute atomic E-state index is 1.37. The molecule has 0 aliphatic carbocycles. The molecule has 284 valence electrons. The number of rotatable bonds is 42. The average molecular weight is 663 g/mol. The Kier molecular flexibility index (Phi) is 40.4. The van der Waals surface area contributed by atoms with Crippen LogP contribution in [-0.4, -0.2) is 30.7 Å². The Hall–Kier alpha value is -0.0400. The second-order valence-electron chi connectivity index (χ2n) is 16.3. The molecule has 1 heteroatoms. The maximum Gasteiger partial charge on any atom is 0.0786 e. The van der Waals surface area contributed by atoms with Crippen LogP contribution in [-0.2, 0) is 0 Å². The molecule has 0 aromatic carbocycles. The molecule has 0 aliphatic heterocycles. The summed E-state index contributed by atoms with van der Waals surface area (Å²) in [7, 11) is 0. The predicted octanol–water partition coefficient (Wildman–Crippen LogP) is 16.7. The van der Waals surface area contributed by atoms with Gasteiger partial charge in [0.25, 0.3) is 0 Å². The zero-order chi connectivity index (χ0) is 34.2. The third-order valence-corrected chi connectivity index (χ3v) is 11.4. The van der Waals surface area contributed by atoms with Crippen LogP contribution in [0.25, 0.3) is 0 Å². The van der Waals surface area contributed by atoms with Gasteiger partial charge in [0.15, 0.2) is 0 Å². The monoisotopic (exact) mass is 663 g/mol. The SMILES string of the molecule is CCCCCCCCCCCCCCCCCCC[N+](CCCC)(CCCC)CCCCCCCCCCCCCCCCCCC. The summed E-state index contributed by atoms with van der Waals surface area (Å²) in [4.78, 5) is 0. The van der Waals surface area contributed by atoms with E-state index in [4.69, 9.17) is 0 Å². The molecule has 0 radical (unpaired) electrons. The summed E-state index contributed by atoms with van der Waals surface area (Å²) in [6.45, 7) is 15.3. The van der Waals surface area contributed by atoms with E-state index in [9.17, 15) is 0 Å². The van der Waals surface area contributed by atoms with Crippen molar-refractivity contribution in [2.75, 3.05) is 26.2 Å². The van der Waals surface area contributed by atoms with Crippen molar-refractivity contribution in [3.05, 3.63) is 0 Å². The van der Waals surface area contributed by atoms with Gasteiger partial charge in [0.1, 0.15) is 0 Å². The average Bonchev–Trinajstić information content (AvgIpc) is 3.09. The zero-order valence-electron chi connectivity index (χ0n) is 34.1. The standard InChI is InChI=1S/C46H96N/c1-5-9-13-15-17-19-21-23-25-27-29-31-33-35-37-39-41-45-47(43-11-7-3,44-12-8-4)46-42-40-38-36-34-32-30-28-26-24-22-20-18-16-14-10-6-2/h5-46H2,1-4H3/q+1. The fraction of sp³-hybridized carbons (Fsp3) is 1.00. The van der Waals surface area contributed by atoms with Gasteiger partial charge >= 0.3 is 0 Å². The van der Waals surface area contributed by atoms with Crippen molar-refractivity contribution in [2.24, 2.45) is 0 Å². The molecule has 0 aliphatic rings. The van der Waals surface area contributed by atoms with Crippen molar-refractivity contribution < 1.29 is 4.48 Å². The van der Waals surface area contributed by atoms with E-state index < -0.39 is 0 Å². The summed E-state index contributed by atoms with van der Waals surface area (Å²) >= 11 is 0. The van der Waals surface area contributed by atoms with E-state index in [0.29, 0.717) is 0 Å². The highest BCUT2D eigenvalue weighted by atomic mass is 15.3. The van der Waals surface area contributed by atoms with E-state index in [2.05, 4.69) is 27.7 Å². The Morgan fingerprint density at radius 1 is 0.170 bits per heavy atom. The van der Waals surface area contributed by atoms with E-state index >= 15 is 0 Å². The van der Waals surface area contributed by atoms with E-state index in [1.54, 1.807) is 0 Å². The van der Waals surface area contributed by atoms with Gasteiger partial charge in [-0.1, -0.05) is 233 Å². The van der Waals surface area contributed by atoms with Crippen LogP contribution in [0.1, 0.15) is 272 Å². The molecule has 0 spiro atoms. The largest absolute Gasteiger partial charge is 0.324 e. The van der Waals surface area contributed by atoms with Crippen molar-refractivity contribution in [1.82, 2.24) is 0 Å². The van der Waals surface area contributed by atoms with Gasteiger partial charge in [-0.25, -0.2) is 0 Å². The number of hydrogen-bond donors (Lipinski definition) is 0. The summed E-state index contributed by atoms with van der Waals surface area (Å²) in [6, 6.07) is 0. The molecule has 0 saturated carbocycles. The van der Waals surface area contributed by atoms with E-state index in [-0.39, 0.29) is 0 Å². The normalized spacial score (nSPS) is 12.0. The van der Waals surface area contributed by atoms with Crippen molar-refractivity contribution in [2.45, 2.75) is 272 Å². The van der Waals surface area contributed by atoms with Gasteiger partial charge in [0.05, 0.1) is 26.2 Å². The maximum atomic E-state index is 2.40. The topological polar surface area (TPSA) is 0 Å². The molecule has 0 atom stereocenters. The molecule has 0 saturated heterocycles. The summed E-state index contributed by atoms with van der Waals surface area (Å²) in [5.74, 6) is 0. The third-order valence-electron chi connectivity index (χ3n) is 11.4. The molecule has 0 aromatic heterocycles. The predicted molar refractivity (Wildman–Crippen MR) is 218 cm³/mol. The Bertz CT molecular complexity index is 493. The highest BCUT2D eigenvalue weighted by Gasteiger charge is 2.25. The van der Waals surface area contributed by atoms with Crippen molar-refractivity contribution in [1.29, 1.82) is 0 Å². The number of hydrogen-bond acceptors (Lipinski definition) is 0. The molecule has 0 aromatic rings. The van der Waals surface area contributed by atoms with Gasteiger partial charge in [-0.05, 0) is 38.5 Å². The molecule has 0 heterocycles. The van der Waals surface area contributed by atoms with Crippen LogP contribution in [0.2, 0.25) is 0 Å². The number of nitrogens with zero attached hydrogens (tertiary/aromatic N) is 1. The molecular weight excluding hydrogens is 567 g/mol. The quantitative estimate of drug-likeness (QED) is 0.0451. The first-order chi connectivity index (χ1) is 23.2. The lowest BCUT2D eigenvalue weighted by atomic mass is 10.0. The zero-order valence-corrected chi connectivity index (χ0v) is 34.1. The highest BCUT2D eigenvalue weighted by molar-refractivity contribution is 4.55. The first-order valence-corrected chi connectivity index (χ1v) is 23.1. The molecule has 0 amide bonds. The van der Waals surface area contributed by atoms with Gasteiger partial charge in [-0.15, -0.1) is 0 Å². The van der Waals surface area contributed by atoms with Gasteiger partial charge in [-0.2, -0.15) is 0 Å². The van der Waals surface area contributed by atoms with Crippen LogP contribution in [0.5, 0.6) is 0 Å². The molecule has 0 N–H and O–H groups in total. The van der Waals surface area contributed by atoms with E-state index in [0.717, 1.165) is 0 Å². The van der Waals surface area contributed by atoms with Gasteiger partial charge in [-0.3, -0.25) is 0 Å². The molecule has 0 fully saturated rings. The molecule has 0 unspecified atom stereocenters. The smallest absolute Gasteiger partial charge is 0.0786 e. The maximum absolute atomic E-state index is 2.40. The van der Waals surface area contributed by atoms with Crippen LogP contribution in [0.3, 0.4) is 0 Å². The lowest BCUT2D eigenvalue weighted by molar-refractivity contribution is -0.929. The highest BCUT2D eigenvalue weighted by Crippen LogP contribution is 2.20. The molecular formula is C46H96N+. The van der Waals surface area contributed by atoms with Gasteiger partial charge < -0.3 is 4.48 Å². The molecule has 0 rings (SSSR count). The van der Waals surface area contributed by atoms with Crippen LogP contribution in [0.15, 0.2) is 0 Å². The Labute approximate surface area is 301 Å². The number of quaternary nitrogens is 1. The Morgan fingerprint density at radius 3 is 0.511 bits per heavy atom. The lowest BCUT2D eigenvalue weighted by Gasteiger charge is -2.39. The van der Waals surface area contributed by atoms with E-state index in [1.165, 1.54) is 275 Å². The van der Waals surface area contributed by atoms with Crippen LogP contribution >= 0.6 is 0 Å². The first-order valence-electron chi connectivity index (χ1n) is 23.1. The third kappa shape index (κ3) is 35.6. The summed E-state index contributed by atoms with van der Waals surface area (Å²) < 4.78 is 1.46. The number of unbranched alkanes of at least 4 members (excludes halogenated alkanes) is 34. The Balaban J connectivity index is 3.89. The molecule has 47 heavy (non-hydrogen) atoms. The summed E-state index contributed by atoms with van der Waals surface area (Å²) in [6.07, 6.45) is 55.8. The lowest BCUT2D eigenvalue weighted by Crippen LogP contribution is -2.50. The van der Waals surface area contributed by atoms with Crippen LogP contribution < -0.4 is 0 Å². The second kappa shape index (κ2) is 40.4. The fourth-order valence-corrected chi connectivity index (χ4v) is 8.00. The summed E-state index contributed by atoms with van der Waals surface area (Å²) in [5, 5.41) is 0. The molecule has 0 bridgehead atoms. The minimum Gasteiger partial charge on any atom is -0.324 e. The minimum atomic E-state index is 1.37.